The molecule has 0 amide bonds. The number of hydrogen-bond donors (Lipinski definition) is 0. The molecule has 28 heavy (non-hydrogen) atoms. The molecule has 0 fully saturated rings. The number of nitrogens with zero attached hydrogens (tertiary/aromatic N) is 2. The smallest absolute Gasteiger partial charge is 0.344 e. The van der Waals surface area contributed by atoms with Gasteiger partial charge in [0.05, 0.1) is 11.5 Å². The maximum absolute atomic E-state index is 11.3. The fourth-order valence-electron chi connectivity index (χ4n) is 2.57. The van der Waals surface area contributed by atoms with Crippen LogP contribution in [0.5, 0.6) is 5.75 Å². The summed E-state index contributed by atoms with van der Waals surface area (Å²) in [5, 5.41) is 10.8. The molecule has 8 nitrogen and oxygen atoms in total. The third-order valence-electron chi connectivity index (χ3n) is 3.91. The van der Waals surface area contributed by atoms with Crippen molar-refractivity contribution in [1.29, 1.82) is 0 Å². The van der Waals surface area contributed by atoms with E-state index in [4.69, 9.17) is 13.9 Å². The molecule has 8 heteroatoms. The van der Waals surface area contributed by atoms with Gasteiger partial charge in [-0.05, 0) is 50.2 Å². The predicted molar refractivity (Wildman–Crippen MR) is 101 cm³/mol. The van der Waals surface area contributed by atoms with Crippen LogP contribution in [0.15, 0.2) is 52.9 Å². The predicted octanol–water partition coefficient (Wildman–Crippen LogP) is 4.17. The van der Waals surface area contributed by atoms with Gasteiger partial charge in [-0.25, -0.2) is 9.78 Å². The third kappa shape index (κ3) is 4.35. The first-order chi connectivity index (χ1) is 13.5. The van der Waals surface area contributed by atoms with Crippen LogP contribution in [0.2, 0.25) is 0 Å². The van der Waals surface area contributed by atoms with Crippen molar-refractivity contribution < 1.29 is 23.6 Å². The van der Waals surface area contributed by atoms with Crippen LogP contribution in [0.3, 0.4) is 0 Å². The minimum absolute atomic E-state index is 0.0172. The number of esters is 1. The average molecular weight is 382 g/mol. The van der Waals surface area contributed by atoms with Gasteiger partial charge in [0.2, 0.25) is 5.89 Å². The van der Waals surface area contributed by atoms with Crippen molar-refractivity contribution in [3.05, 3.63) is 64.4 Å². The Labute approximate surface area is 160 Å². The molecule has 0 N–H and O–H groups in total. The summed E-state index contributed by atoms with van der Waals surface area (Å²) >= 11 is 0. The highest BCUT2D eigenvalue weighted by Crippen LogP contribution is 2.30. The van der Waals surface area contributed by atoms with E-state index in [-0.39, 0.29) is 12.3 Å². The Morgan fingerprint density at radius 1 is 1.11 bits per heavy atom. The Morgan fingerprint density at radius 3 is 2.36 bits per heavy atom. The summed E-state index contributed by atoms with van der Waals surface area (Å²) in [7, 11) is 0. The van der Waals surface area contributed by atoms with Crippen molar-refractivity contribution in [3.8, 4) is 28.5 Å². The fourth-order valence-corrected chi connectivity index (χ4v) is 2.57. The molecule has 0 aliphatic carbocycles. The van der Waals surface area contributed by atoms with Crippen molar-refractivity contribution in [3.63, 3.8) is 0 Å². The molecule has 1 aromatic heterocycles. The number of benzene rings is 2. The van der Waals surface area contributed by atoms with Crippen molar-refractivity contribution >= 4 is 11.7 Å². The first-order valence-corrected chi connectivity index (χ1v) is 8.59. The van der Waals surface area contributed by atoms with Crippen LogP contribution >= 0.6 is 0 Å². The third-order valence-corrected chi connectivity index (χ3v) is 3.91. The topological polar surface area (TPSA) is 105 Å². The highest BCUT2D eigenvalue weighted by Gasteiger charge is 2.15. The molecule has 0 atom stereocenters. The molecule has 0 radical (unpaired) electrons. The van der Waals surface area contributed by atoms with E-state index >= 15 is 0 Å². The van der Waals surface area contributed by atoms with Crippen molar-refractivity contribution in [2.24, 2.45) is 0 Å². The molecule has 0 unspecified atom stereocenters. The highest BCUT2D eigenvalue weighted by molar-refractivity contribution is 5.71. The zero-order chi connectivity index (χ0) is 20.1. The second-order valence-electron chi connectivity index (χ2n) is 5.85. The van der Waals surface area contributed by atoms with Crippen LogP contribution in [0.25, 0.3) is 22.7 Å². The minimum Gasteiger partial charge on any atom is -0.482 e. The maximum Gasteiger partial charge on any atom is 0.344 e. The molecule has 3 rings (SSSR count). The number of ether oxygens (including phenoxy) is 2. The van der Waals surface area contributed by atoms with Crippen LogP contribution in [0.1, 0.15) is 12.7 Å². The van der Waals surface area contributed by atoms with Crippen molar-refractivity contribution in [2.75, 3.05) is 13.2 Å². The Bertz CT molecular complexity index is 977. The number of non-ortho nitro benzene ring substituents is 1. The lowest BCUT2D eigenvalue weighted by atomic mass is 10.1. The average Bonchev–Trinajstić information content (AvgIpc) is 3.09. The van der Waals surface area contributed by atoms with Crippen LogP contribution in [0, 0.1) is 17.0 Å². The van der Waals surface area contributed by atoms with E-state index in [1.807, 2.05) is 0 Å². The van der Waals surface area contributed by atoms with Gasteiger partial charge >= 0.3 is 5.97 Å². The van der Waals surface area contributed by atoms with Crippen molar-refractivity contribution in [1.82, 2.24) is 4.98 Å². The minimum atomic E-state index is -0.448. The lowest BCUT2D eigenvalue weighted by Gasteiger charge is -2.05. The normalized spacial score (nSPS) is 10.5. The monoisotopic (exact) mass is 382 g/mol. The van der Waals surface area contributed by atoms with Gasteiger partial charge in [0.25, 0.3) is 5.69 Å². The summed E-state index contributed by atoms with van der Waals surface area (Å²) in [6.45, 7) is 3.66. The number of rotatable bonds is 7. The number of nitro groups is 1. The van der Waals surface area contributed by atoms with Gasteiger partial charge < -0.3 is 13.9 Å². The first kappa shape index (κ1) is 19.1. The number of aryl methyl sites for hydroxylation is 1. The lowest BCUT2D eigenvalue weighted by molar-refractivity contribution is -0.384. The molecule has 3 aromatic rings. The van der Waals surface area contributed by atoms with Gasteiger partial charge in [0.1, 0.15) is 17.2 Å². The van der Waals surface area contributed by atoms with Gasteiger partial charge in [-0.15, -0.1) is 0 Å². The van der Waals surface area contributed by atoms with E-state index in [9.17, 15) is 14.9 Å². The lowest BCUT2D eigenvalue weighted by Crippen LogP contribution is -2.14. The Hall–Kier alpha value is -3.68. The summed E-state index contributed by atoms with van der Waals surface area (Å²) in [5.74, 6) is 1.12. The van der Waals surface area contributed by atoms with Crippen LogP contribution < -0.4 is 4.74 Å². The number of aromatic nitrogens is 1. The number of hydrogen-bond acceptors (Lipinski definition) is 7. The van der Waals surface area contributed by atoms with Crippen LogP contribution in [-0.2, 0) is 9.53 Å². The van der Waals surface area contributed by atoms with E-state index in [1.165, 1.54) is 12.1 Å². The van der Waals surface area contributed by atoms with Gasteiger partial charge in [-0.1, -0.05) is 0 Å². The van der Waals surface area contributed by atoms with E-state index in [0.29, 0.717) is 29.7 Å². The van der Waals surface area contributed by atoms with Gasteiger partial charge in [0.15, 0.2) is 6.61 Å². The summed E-state index contributed by atoms with van der Waals surface area (Å²) in [5.41, 5.74) is 2.10. The maximum atomic E-state index is 11.3. The SMILES string of the molecule is CCOC(=O)COc1ccc(-c2nc(-c3ccc([N+](=O)[O-])cc3)c(C)o2)cc1. The first-order valence-electron chi connectivity index (χ1n) is 8.59. The second kappa shape index (κ2) is 8.34. The molecular formula is C20H18N2O6. The molecule has 0 aliphatic rings. The highest BCUT2D eigenvalue weighted by atomic mass is 16.6. The van der Waals surface area contributed by atoms with Crippen LogP contribution in [-0.4, -0.2) is 29.1 Å². The molecule has 0 spiro atoms. The molecule has 0 saturated heterocycles. The number of oxazole rings is 1. The quantitative estimate of drug-likeness (QED) is 0.343. The molecule has 1 heterocycles. The summed E-state index contributed by atoms with van der Waals surface area (Å²) in [4.78, 5) is 26.2. The molecular weight excluding hydrogens is 364 g/mol. The Balaban J connectivity index is 1.75. The van der Waals surface area contributed by atoms with Gasteiger partial charge in [0, 0.05) is 23.3 Å². The Kier molecular flexibility index (Phi) is 5.69. The number of nitro benzene ring substituents is 1. The molecule has 0 aliphatic heterocycles. The summed E-state index contributed by atoms with van der Waals surface area (Å²) in [6.07, 6.45) is 0. The zero-order valence-corrected chi connectivity index (χ0v) is 15.4. The summed E-state index contributed by atoms with van der Waals surface area (Å²) < 4.78 is 15.9. The zero-order valence-electron chi connectivity index (χ0n) is 15.4. The molecule has 2 aromatic carbocycles. The van der Waals surface area contributed by atoms with Crippen molar-refractivity contribution in [2.45, 2.75) is 13.8 Å². The van der Waals surface area contributed by atoms with E-state index in [1.54, 1.807) is 50.2 Å². The number of carbonyl (C=O) groups excluding carboxylic acids is 1. The Morgan fingerprint density at radius 2 is 1.75 bits per heavy atom. The summed E-state index contributed by atoms with van der Waals surface area (Å²) in [6, 6.07) is 13.1. The molecule has 0 saturated carbocycles. The van der Waals surface area contributed by atoms with E-state index < -0.39 is 10.9 Å². The number of carbonyl (C=O) groups is 1. The fraction of sp³-hybridized carbons (Fsp3) is 0.200. The van der Waals surface area contributed by atoms with E-state index in [2.05, 4.69) is 4.98 Å². The largest absolute Gasteiger partial charge is 0.482 e. The van der Waals surface area contributed by atoms with E-state index in [0.717, 1.165) is 11.1 Å². The van der Waals surface area contributed by atoms with Gasteiger partial charge in [-0.2, -0.15) is 0 Å². The second-order valence-corrected chi connectivity index (χ2v) is 5.85. The molecule has 0 bridgehead atoms. The van der Waals surface area contributed by atoms with Gasteiger partial charge in [-0.3, -0.25) is 10.1 Å². The van der Waals surface area contributed by atoms with Crippen LogP contribution in [0.4, 0.5) is 5.69 Å². The standard InChI is InChI=1S/C20H18N2O6/c1-3-26-18(23)12-27-17-10-6-15(7-11-17)20-21-19(13(2)28-20)14-4-8-16(9-5-14)22(24)25/h4-11H,3,12H2,1-2H3. The molecule has 144 valence electrons.